The van der Waals surface area contributed by atoms with Gasteiger partial charge in [-0.15, -0.1) is 0 Å². The van der Waals surface area contributed by atoms with E-state index in [-0.39, 0.29) is 6.04 Å². The number of rotatable bonds is 5. The van der Waals surface area contributed by atoms with Gasteiger partial charge >= 0.3 is 0 Å². The molecule has 0 aromatic heterocycles. The molecule has 2 nitrogen and oxygen atoms in total. The fourth-order valence-corrected chi connectivity index (χ4v) is 2.68. The average Bonchev–Trinajstić information content (AvgIpc) is 2.59. The average molecular weight is 291 g/mol. The fourth-order valence-electron chi connectivity index (χ4n) is 2.68. The third kappa shape index (κ3) is 3.35. The van der Waals surface area contributed by atoms with Crippen molar-refractivity contribution in [1.82, 2.24) is 5.32 Å². The molecule has 0 spiro atoms. The molecule has 0 fully saturated rings. The lowest BCUT2D eigenvalue weighted by atomic mass is 10.0. The Morgan fingerprint density at radius 2 is 1.50 bits per heavy atom. The van der Waals surface area contributed by atoms with Crippen molar-refractivity contribution < 1.29 is 5.11 Å². The number of fused-ring (bicyclic) bond motifs is 1. The van der Waals surface area contributed by atoms with Crippen LogP contribution >= 0.6 is 0 Å². The van der Waals surface area contributed by atoms with Gasteiger partial charge in [0.05, 0.1) is 6.10 Å². The molecule has 2 atom stereocenters. The molecule has 0 saturated carbocycles. The van der Waals surface area contributed by atoms with Crippen molar-refractivity contribution in [3.63, 3.8) is 0 Å². The highest BCUT2D eigenvalue weighted by molar-refractivity contribution is 5.83. The zero-order chi connectivity index (χ0) is 15.4. The summed E-state index contributed by atoms with van der Waals surface area (Å²) in [5, 5.41) is 16.2. The lowest BCUT2D eigenvalue weighted by molar-refractivity contribution is 0.171. The molecule has 112 valence electrons. The van der Waals surface area contributed by atoms with Gasteiger partial charge in [-0.1, -0.05) is 66.7 Å². The zero-order valence-electron chi connectivity index (χ0n) is 12.7. The summed E-state index contributed by atoms with van der Waals surface area (Å²) in [5.41, 5.74) is 2.18. The van der Waals surface area contributed by atoms with Gasteiger partial charge in [-0.2, -0.15) is 0 Å². The van der Waals surface area contributed by atoms with Crippen LogP contribution in [-0.2, 0) is 0 Å². The summed E-state index contributed by atoms with van der Waals surface area (Å²) in [7, 11) is 0. The molecule has 3 rings (SSSR count). The van der Waals surface area contributed by atoms with Crippen LogP contribution in [0.4, 0.5) is 0 Å². The van der Waals surface area contributed by atoms with Crippen LogP contribution in [0, 0.1) is 0 Å². The largest absolute Gasteiger partial charge is 0.387 e. The monoisotopic (exact) mass is 291 g/mol. The normalized spacial score (nSPS) is 13.9. The van der Waals surface area contributed by atoms with Gasteiger partial charge in [0.1, 0.15) is 0 Å². The quantitative estimate of drug-likeness (QED) is 0.737. The minimum Gasteiger partial charge on any atom is -0.387 e. The highest BCUT2D eigenvalue weighted by Gasteiger charge is 2.11. The predicted octanol–water partition coefficient (Wildman–Crippen LogP) is 4.22. The summed E-state index contributed by atoms with van der Waals surface area (Å²) in [6.07, 6.45) is -0.504. The molecule has 0 bridgehead atoms. The van der Waals surface area contributed by atoms with Crippen molar-refractivity contribution in [2.45, 2.75) is 19.1 Å². The summed E-state index contributed by atoms with van der Waals surface area (Å²) < 4.78 is 0. The Morgan fingerprint density at radius 3 is 2.27 bits per heavy atom. The minimum absolute atomic E-state index is 0.219. The van der Waals surface area contributed by atoms with Gasteiger partial charge in [0.2, 0.25) is 0 Å². The van der Waals surface area contributed by atoms with E-state index in [1.54, 1.807) is 0 Å². The number of benzene rings is 3. The standard InChI is InChI=1S/C20H21NO/c1-15(16-7-3-2-4-8-16)21-14-20(22)19-12-11-17-9-5-6-10-18(17)13-19/h2-13,15,20-22H,14H2,1H3/t15-,20+/m0/s1. The van der Waals surface area contributed by atoms with E-state index >= 15 is 0 Å². The highest BCUT2D eigenvalue weighted by atomic mass is 16.3. The first-order valence-corrected chi connectivity index (χ1v) is 7.69. The van der Waals surface area contributed by atoms with Crippen molar-refractivity contribution in [2.24, 2.45) is 0 Å². The molecule has 0 heterocycles. The molecule has 22 heavy (non-hydrogen) atoms. The third-order valence-corrected chi connectivity index (χ3v) is 4.08. The molecule has 2 N–H and O–H groups in total. The number of hydrogen-bond donors (Lipinski definition) is 2. The smallest absolute Gasteiger partial charge is 0.0914 e. The molecular weight excluding hydrogens is 270 g/mol. The number of hydrogen-bond acceptors (Lipinski definition) is 2. The number of aliphatic hydroxyl groups is 1. The van der Waals surface area contributed by atoms with E-state index in [4.69, 9.17) is 0 Å². The Balaban J connectivity index is 1.67. The van der Waals surface area contributed by atoms with E-state index in [1.165, 1.54) is 10.9 Å². The molecule has 0 aliphatic heterocycles. The second-order valence-electron chi connectivity index (χ2n) is 5.66. The molecule has 3 aromatic carbocycles. The SMILES string of the molecule is C[C@H](NC[C@@H](O)c1ccc2ccccc2c1)c1ccccc1. The van der Waals surface area contributed by atoms with E-state index in [9.17, 15) is 5.11 Å². The van der Waals surface area contributed by atoms with E-state index in [2.05, 4.69) is 48.6 Å². The number of nitrogens with one attached hydrogen (secondary N) is 1. The summed E-state index contributed by atoms with van der Waals surface area (Å²) in [5.74, 6) is 0. The summed E-state index contributed by atoms with van der Waals surface area (Å²) in [6.45, 7) is 2.65. The highest BCUT2D eigenvalue weighted by Crippen LogP contribution is 2.21. The van der Waals surface area contributed by atoms with Crippen LogP contribution in [0.5, 0.6) is 0 Å². The van der Waals surface area contributed by atoms with E-state index in [1.807, 2.05) is 36.4 Å². The maximum atomic E-state index is 10.4. The molecule has 0 unspecified atom stereocenters. The van der Waals surface area contributed by atoms with Gasteiger partial charge in [-0.3, -0.25) is 0 Å². The molecule has 0 amide bonds. The van der Waals surface area contributed by atoms with Crippen molar-refractivity contribution in [1.29, 1.82) is 0 Å². The first-order chi connectivity index (χ1) is 10.7. The van der Waals surface area contributed by atoms with Gasteiger partial charge in [0.25, 0.3) is 0 Å². The van der Waals surface area contributed by atoms with Crippen LogP contribution in [0.3, 0.4) is 0 Å². The van der Waals surface area contributed by atoms with Crippen LogP contribution in [0.2, 0.25) is 0 Å². The van der Waals surface area contributed by atoms with Crippen molar-refractivity contribution in [3.8, 4) is 0 Å². The van der Waals surface area contributed by atoms with Crippen molar-refractivity contribution >= 4 is 10.8 Å². The van der Waals surface area contributed by atoms with Crippen LogP contribution in [0.15, 0.2) is 72.8 Å². The lowest BCUT2D eigenvalue weighted by Crippen LogP contribution is -2.24. The molecule has 3 aromatic rings. The van der Waals surface area contributed by atoms with Crippen LogP contribution < -0.4 is 5.32 Å². The van der Waals surface area contributed by atoms with Gasteiger partial charge in [0.15, 0.2) is 0 Å². The van der Waals surface area contributed by atoms with Crippen molar-refractivity contribution in [3.05, 3.63) is 83.9 Å². The molecule has 0 aliphatic carbocycles. The number of aliphatic hydroxyl groups excluding tert-OH is 1. The van der Waals surface area contributed by atoms with Crippen LogP contribution in [0.1, 0.15) is 30.2 Å². The van der Waals surface area contributed by atoms with Crippen molar-refractivity contribution in [2.75, 3.05) is 6.54 Å². The van der Waals surface area contributed by atoms with Crippen LogP contribution in [0.25, 0.3) is 10.8 Å². The molecular formula is C20H21NO. The Hall–Kier alpha value is -2.16. The molecule has 2 heteroatoms. The Kier molecular flexibility index (Phi) is 4.52. The van der Waals surface area contributed by atoms with E-state index in [0.29, 0.717) is 6.54 Å². The second-order valence-corrected chi connectivity index (χ2v) is 5.66. The molecule has 0 radical (unpaired) electrons. The Morgan fingerprint density at radius 1 is 0.818 bits per heavy atom. The maximum absolute atomic E-state index is 10.4. The predicted molar refractivity (Wildman–Crippen MR) is 91.8 cm³/mol. The van der Waals surface area contributed by atoms with E-state index < -0.39 is 6.10 Å². The van der Waals surface area contributed by atoms with Crippen LogP contribution in [-0.4, -0.2) is 11.7 Å². The fraction of sp³-hybridized carbons (Fsp3) is 0.200. The summed E-state index contributed by atoms with van der Waals surface area (Å²) in [6, 6.07) is 24.8. The zero-order valence-corrected chi connectivity index (χ0v) is 12.7. The van der Waals surface area contributed by atoms with Gasteiger partial charge in [-0.05, 0) is 34.9 Å². The Labute approximate surface area is 131 Å². The third-order valence-electron chi connectivity index (χ3n) is 4.08. The van der Waals surface area contributed by atoms with Gasteiger partial charge in [0, 0.05) is 12.6 Å². The van der Waals surface area contributed by atoms with Gasteiger partial charge < -0.3 is 10.4 Å². The summed E-state index contributed by atoms with van der Waals surface area (Å²) >= 11 is 0. The summed E-state index contributed by atoms with van der Waals surface area (Å²) in [4.78, 5) is 0. The van der Waals surface area contributed by atoms with Gasteiger partial charge in [-0.25, -0.2) is 0 Å². The molecule has 0 aliphatic rings. The second kappa shape index (κ2) is 6.73. The lowest BCUT2D eigenvalue weighted by Gasteiger charge is -2.18. The Bertz CT molecular complexity index is 739. The maximum Gasteiger partial charge on any atom is 0.0914 e. The minimum atomic E-state index is -0.504. The van der Waals surface area contributed by atoms with E-state index in [0.717, 1.165) is 10.9 Å². The molecule has 0 saturated heterocycles. The first-order valence-electron chi connectivity index (χ1n) is 7.69. The topological polar surface area (TPSA) is 32.3 Å². The first kappa shape index (κ1) is 14.8.